The van der Waals surface area contributed by atoms with E-state index >= 15 is 0 Å². The fourth-order valence-corrected chi connectivity index (χ4v) is 4.12. The zero-order valence-corrected chi connectivity index (χ0v) is 15.9. The number of allylic oxidation sites excluding steroid dienone is 2. The third kappa shape index (κ3) is 3.79. The number of likely N-dealkylation sites (tertiary alicyclic amines) is 1. The average Bonchev–Trinajstić information content (AvgIpc) is 2.84. The highest BCUT2D eigenvalue weighted by Gasteiger charge is 2.46. The van der Waals surface area contributed by atoms with E-state index in [1.165, 1.54) is 4.90 Å². The van der Waals surface area contributed by atoms with Gasteiger partial charge in [-0.25, -0.2) is 0 Å². The van der Waals surface area contributed by atoms with Gasteiger partial charge in [0, 0.05) is 23.0 Å². The van der Waals surface area contributed by atoms with Crippen LogP contribution in [0.25, 0.3) is 0 Å². The number of hydrogen-bond acceptors (Lipinski definition) is 3. The number of amides is 3. The van der Waals surface area contributed by atoms with Crippen LogP contribution in [0.2, 0.25) is 10.0 Å². The Morgan fingerprint density at radius 2 is 1.81 bits per heavy atom. The molecule has 3 atom stereocenters. The van der Waals surface area contributed by atoms with Crippen molar-refractivity contribution in [1.82, 2.24) is 10.2 Å². The number of halogens is 2. The molecule has 1 saturated heterocycles. The first-order valence-electron chi connectivity index (χ1n) is 8.63. The molecule has 2 aliphatic rings. The molecule has 3 amide bonds. The van der Waals surface area contributed by atoms with Crippen molar-refractivity contribution in [2.24, 2.45) is 11.8 Å². The Bertz CT molecular complexity index is 752. The molecule has 1 N–H and O–H groups in total. The molecule has 0 unspecified atom stereocenters. The number of imide groups is 1. The van der Waals surface area contributed by atoms with E-state index < -0.39 is 0 Å². The van der Waals surface area contributed by atoms with Crippen molar-refractivity contribution in [2.75, 3.05) is 6.54 Å². The maximum atomic E-state index is 12.4. The summed E-state index contributed by atoms with van der Waals surface area (Å²) in [4.78, 5) is 38.3. The van der Waals surface area contributed by atoms with Gasteiger partial charge in [0.1, 0.15) is 0 Å². The maximum absolute atomic E-state index is 12.4. The first-order valence-corrected chi connectivity index (χ1v) is 9.38. The van der Waals surface area contributed by atoms with E-state index in [0.29, 0.717) is 22.9 Å². The Morgan fingerprint density at radius 1 is 1.19 bits per heavy atom. The minimum Gasteiger partial charge on any atom is -0.349 e. The van der Waals surface area contributed by atoms with Gasteiger partial charge in [0.05, 0.1) is 17.9 Å². The van der Waals surface area contributed by atoms with E-state index in [1.807, 2.05) is 19.1 Å². The van der Waals surface area contributed by atoms with Crippen LogP contribution in [0, 0.1) is 11.8 Å². The first-order chi connectivity index (χ1) is 12.4. The van der Waals surface area contributed by atoms with Crippen LogP contribution in [0.15, 0.2) is 30.4 Å². The summed E-state index contributed by atoms with van der Waals surface area (Å²) >= 11 is 12.0. The summed E-state index contributed by atoms with van der Waals surface area (Å²) in [6, 6.07) is 4.80. The molecule has 1 aromatic carbocycles. The predicted molar refractivity (Wildman–Crippen MR) is 99.7 cm³/mol. The van der Waals surface area contributed by atoms with Crippen LogP contribution in [0.1, 0.15) is 37.8 Å². The molecule has 1 heterocycles. The summed E-state index contributed by atoms with van der Waals surface area (Å²) in [6.45, 7) is 1.93. The van der Waals surface area contributed by atoms with Gasteiger partial charge in [-0.1, -0.05) is 41.4 Å². The third-order valence-electron chi connectivity index (χ3n) is 4.97. The molecule has 1 aromatic rings. The summed E-state index contributed by atoms with van der Waals surface area (Å²) in [6.07, 6.45) is 5.16. The lowest BCUT2D eigenvalue weighted by molar-refractivity contribution is -0.140. The molecule has 138 valence electrons. The smallest absolute Gasteiger partial charge is 0.233 e. The Balaban J connectivity index is 1.56. The van der Waals surface area contributed by atoms with Crippen molar-refractivity contribution in [3.63, 3.8) is 0 Å². The molecule has 1 fully saturated rings. The molecule has 0 aromatic heterocycles. The van der Waals surface area contributed by atoms with Crippen molar-refractivity contribution in [1.29, 1.82) is 0 Å². The zero-order chi connectivity index (χ0) is 18.8. The molecule has 1 aliphatic heterocycles. The van der Waals surface area contributed by atoms with Gasteiger partial charge in [0.25, 0.3) is 0 Å². The van der Waals surface area contributed by atoms with Gasteiger partial charge in [-0.2, -0.15) is 0 Å². The van der Waals surface area contributed by atoms with Crippen molar-refractivity contribution in [3.8, 4) is 0 Å². The van der Waals surface area contributed by atoms with Crippen LogP contribution in [0.3, 0.4) is 0 Å². The molecule has 0 bridgehead atoms. The summed E-state index contributed by atoms with van der Waals surface area (Å²) < 4.78 is 0. The van der Waals surface area contributed by atoms with Crippen LogP contribution in [-0.2, 0) is 14.4 Å². The van der Waals surface area contributed by atoms with Crippen LogP contribution in [0.5, 0.6) is 0 Å². The molecular formula is C19H20Cl2N2O3. The Kier molecular flexibility index (Phi) is 5.68. The number of carbonyl (C=O) groups is 3. The van der Waals surface area contributed by atoms with Gasteiger partial charge < -0.3 is 5.32 Å². The number of rotatable bonds is 5. The maximum Gasteiger partial charge on any atom is 0.233 e. The Labute approximate surface area is 162 Å². The highest BCUT2D eigenvalue weighted by atomic mass is 35.5. The second-order valence-corrected chi connectivity index (χ2v) is 7.53. The minimum atomic E-state index is -0.302. The summed E-state index contributed by atoms with van der Waals surface area (Å²) in [5.41, 5.74) is 0.759. The largest absolute Gasteiger partial charge is 0.349 e. The van der Waals surface area contributed by atoms with Gasteiger partial charge in [-0.05, 0) is 37.5 Å². The van der Waals surface area contributed by atoms with E-state index in [4.69, 9.17) is 23.2 Å². The van der Waals surface area contributed by atoms with Gasteiger partial charge in [0.2, 0.25) is 17.7 Å². The summed E-state index contributed by atoms with van der Waals surface area (Å²) in [5, 5.41) is 3.85. The van der Waals surface area contributed by atoms with Crippen LogP contribution < -0.4 is 5.32 Å². The summed E-state index contributed by atoms with van der Waals surface area (Å²) in [7, 11) is 0. The summed E-state index contributed by atoms with van der Waals surface area (Å²) in [5.74, 6) is -1.08. The van der Waals surface area contributed by atoms with Crippen molar-refractivity contribution < 1.29 is 14.4 Å². The molecule has 5 nitrogen and oxygen atoms in total. The quantitative estimate of drug-likeness (QED) is 0.613. The number of nitrogens with one attached hydrogen (secondary N) is 1. The minimum absolute atomic E-state index is 0.0693. The van der Waals surface area contributed by atoms with E-state index in [2.05, 4.69) is 5.32 Å². The normalized spacial score (nSPS) is 23.1. The van der Waals surface area contributed by atoms with E-state index in [-0.39, 0.29) is 48.6 Å². The molecule has 26 heavy (non-hydrogen) atoms. The lowest BCUT2D eigenvalue weighted by Crippen LogP contribution is -2.36. The van der Waals surface area contributed by atoms with Crippen molar-refractivity contribution in [3.05, 3.63) is 46.0 Å². The molecule has 7 heteroatoms. The number of carbonyl (C=O) groups excluding carboxylic acids is 3. The van der Waals surface area contributed by atoms with Gasteiger partial charge in [-0.3, -0.25) is 19.3 Å². The van der Waals surface area contributed by atoms with E-state index in [0.717, 1.165) is 5.56 Å². The topological polar surface area (TPSA) is 66.5 Å². The number of nitrogens with zero attached hydrogens (tertiary/aromatic N) is 1. The Hall–Kier alpha value is -1.85. The SMILES string of the molecule is C[C@H](NC(=O)CCN1C(=O)[C@H]2CC=CC[C@@H]2C1=O)c1ccc(Cl)cc1Cl. The van der Waals surface area contributed by atoms with E-state index in [1.54, 1.807) is 18.2 Å². The average molecular weight is 395 g/mol. The highest BCUT2D eigenvalue weighted by molar-refractivity contribution is 6.35. The zero-order valence-electron chi connectivity index (χ0n) is 14.4. The van der Waals surface area contributed by atoms with Gasteiger partial charge in [-0.15, -0.1) is 0 Å². The molecule has 0 spiro atoms. The lowest BCUT2D eigenvalue weighted by Gasteiger charge is -2.18. The molecule has 1 aliphatic carbocycles. The van der Waals surface area contributed by atoms with Crippen LogP contribution in [0.4, 0.5) is 0 Å². The highest BCUT2D eigenvalue weighted by Crippen LogP contribution is 2.35. The van der Waals surface area contributed by atoms with E-state index in [9.17, 15) is 14.4 Å². The van der Waals surface area contributed by atoms with Crippen LogP contribution in [-0.4, -0.2) is 29.2 Å². The number of hydrogen-bond donors (Lipinski definition) is 1. The molecular weight excluding hydrogens is 375 g/mol. The number of benzene rings is 1. The fourth-order valence-electron chi connectivity index (χ4n) is 3.55. The monoisotopic (exact) mass is 394 g/mol. The second kappa shape index (κ2) is 7.80. The van der Waals surface area contributed by atoms with Crippen molar-refractivity contribution >= 4 is 40.9 Å². The fraction of sp³-hybridized carbons (Fsp3) is 0.421. The molecule has 0 radical (unpaired) electrons. The standard InChI is InChI=1S/C19H20Cl2N2O3/c1-11(13-7-6-12(20)10-16(13)21)22-17(24)8-9-23-18(25)14-4-2-3-5-15(14)19(23)26/h2-3,6-7,10-11,14-15H,4-5,8-9H2,1H3,(H,22,24)/t11-,14-,15-/m0/s1. The lowest BCUT2D eigenvalue weighted by atomic mass is 9.85. The van der Waals surface area contributed by atoms with Gasteiger partial charge >= 0.3 is 0 Å². The second-order valence-electron chi connectivity index (χ2n) is 6.69. The Morgan fingerprint density at radius 3 is 2.38 bits per heavy atom. The number of fused-ring (bicyclic) bond motifs is 1. The first kappa shape index (κ1) is 18.9. The molecule has 0 saturated carbocycles. The van der Waals surface area contributed by atoms with Crippen LogP contribution >= 0.6 is 23.2 Å². The van der Waals surface area contributed by atoms with Gasteiger partial charge in [0.15, 0.2) is 0 Å². The predicted octanol–water partition coefficient (Wildman–Crippen LogP) is 3.51. The van der Waals surface area contributed by atoms with Crippen molar-refractivity contribution in [2.45, 2.75) is 32.2 Å². The molecule has 3 rings (SSSR count). The third-order valence-corrected chi connectivity index (χ3v) is 5.53.